The maximum atomic E-state index is 11.3. The van der Waals surface area contributed by atoms with Crippen LogP contribution in [0.2, 0.25) is 36.3 Å². The van der Waals surface area contributed by atoms with E-state index in [0.29, 0.717) is 19.4 Å². The fourth-order valence-electron chi connectivity index (χ4n) is 2.81. The summed E-state index contributed by atoms with van der Waals surface area (Å²) in [6.07, 6.45) is 0.375. The summed E-state index contributed by atoms with van der Waals surface area (Å²) in [6.45, 7) is 25.3. The monoisotopic (exact) mass is 638 g/mol. The van der Waals surface area contributed by atoms with Crippen LogP contribution < -0.4 is 0 Å². The van der Waals surface area contributed by atoms with Gasteiger partial charge in [-0.05, 0) is 62.2 Å². The number of ether oxygens (including phenoxy) is 1. The normalized spacial score (nSPS) is 17.1. The summed E-state index contributed by atoms with van der Waals surface area (Å²) in [4.78, 5) is 22.7. The summed E-state index contributed by atoms with van der Waals surface area (Å²) < 4.78 is 38.2. The van der Waals surface area contributed by atoms with Gasteiger partial charge in [-0.3, -0.25) is 4.79 Å². The third-order valence-electron chi connectivity index (χ3n) is 7.52. The zero-order valence-corrected chi connectivity index (χ0v) is 30.0. The van der Waals surface area contributed by atoms with Crippen molar-refractivity contribution < 1.29 is 36.7 Å². The second-order valence-electron chi connectivity index (χ2n) is 13.1. The van der Waals surface area contributed by atoms with Crippen LogP contribution in [0, 0.1) is 6.92 Å². The van der Waals surface area contributed by atoms with Crippen LogP contribution in [0.25, 0.3) is 0 Å². The van der Waals surface area contributed by atoms with Gasteiger partial charge in [-0.2, -0.15) is 0 Å². The smallest absolute Gasteiger partial charge is 0.334 e. The van der Waals surface area contributed by atoms with Crippen LogP contribution in [0.3, 0.4) is 0 Å². The molecule has 1 aromatic carbocycles. The minimum atomic E-state index is -3.55. The first-order valence-electron chi connectivity index (χ1n) is 13.5. The van der Waals surface area contributed by atoms with E-state index in [1.165, 1.54) is 19.1 Å². The number of aryl methyl sites for hydroxylation is 1. The zero-order chi connectivity index (χ0) is 31.7. The lowest BCUT2D eigenvalue weighted by atomic mass is 10.2. The Morgan fingerprint density at radius 2 is 1.52 bits per heavy atom. The van der Waals surface area contributed by atoms with E-state index < -0.39 is 31.8 Å². The molecule has 0 saturated carbocycles. The number of carbonyl (C=O) groups is 2. The number of halogens is 1. The SMILES string of the molecule is CC(=O)[C@H](CCO)O[Si](C)(C)C(C)(C)C.CC(C)(C)[Si](C)(C)O[C@H]1CCOC1=O.Cc1ccc(S(=O)(=O)Cl)cc1. The van der Waals surface area contributed by atoms with E-state index in [-0.39, 0.29) is 39.4 Å². The highest BCUT2D eigenvalue weighted by atomic mass is 35.7. The first kappa shape index (κ1) is 38.9. The Bertz CT molecular complexity index is 1060. The van der Waals surface area contributed by atoms with Gasteiger partial charge in [0.05, 0.1) is 11.5 Å². The van der Waals surface area contributed by atoms with Crippen molar-refractivity contribution in [2.45, 2.75) is 122 Å². The molecule has 8 nitrogen and oxygen atoms in total. The molecule has 0 spiro atoms. The predicted molar refractivity (Wildman–Crippen MR) is 166 cm³/mol. The van der Waals surface area contributed by atoms with Crippen LogP contribution in [0.15, 0.2) is 29.2 Å². The van der Waals surface area contributed by atoms with E-state index in [4.69, 9.17) is 29.4 Å². The highest BCUT2D eigenvalue weighted by molar-refractivity contribution is 8.13. The third kappa shape index (κ3) is 13.3. The second kappa shape index (κ2) is 15.4. The van der Waals surface area contributed by atoms with Gasteiger partial charge in [-0.1, -0.05) is 59.2 Å². The topological polar surface area (TPSA) is 116 Å². The number of carbonyl (C=O) groups excluding carboxylic acids is 2. The van der Waals surface area contributed by atoms with Crippen molar-refractivity contribution >= 4 is 48.1 Å². The second-order valence-corrected chi connectivity index (χ2v) is 25.1. The van der Waals surface area contributed by atoms with E-state index in [1.807, 2.05) is 6.92 Å². The number of rotatable bonds is 8. The van der Waals surface area contributed by atoms with E-state index >= 15 is 0 Å². The molecule has 0 unspecified atom stereocenters. The van der Waals surface area contributed by atoms with Crippen molar-refractivity contribution in [3.8, 4) is 0 Å². The Morgan fingerprint density at radius 3 is 1.85 bits per heavy atom. The standard InChI is InChI=1S/C11H24O3Si.C10H20O3Si.C7H7ClO2S/c1-9(13)10(7-8-12)14-15(5,6)11(2,3)4;1-10(2,3)14(4,5)13-8-6-7-12-9(8)11;1-6-2-4-7(5-3-6)11(8,9)10/h10,12H,7-8H2,1-6H3;8H,6-7H2,1-5H3;2-5H,1H3/t10-;8-;/m00./s1. The van der Waals surface area contributed by atoms with Gasteiger partial charge in [-0.15, -0.1) is 0 Å². The number of esters is 1. The molecule has 1 aliphatic heterocycles. The maximum absolute atomic E-state index is 11.3. The van der Waals surface area contributed by atoms with Crippen LogP contribution in [-0.4, -0.2) is 67.3 Å². The molecule has 0 amide bonds. The Kier molecular flexibility index (Phi) is 15.0. The lowest BCUT2D eigenvalue weighted by Gasteiger charge is -2.38. The largest absolute Gasteiger partial charge is 0.464 e. The molecule has 1 aromatic rings. The number of hydrogen-bond donors (Lipinski definition) is 1. The fourth-order valence-corrected chi connectivity index (χ4v) is 6.21. The maximum Gasteiger partial charge on any atom is 0.334 e. The number of cyclic esters (lactones) is 1. The van der Waals surface area contributed by atoms with Crippen LogP contribution in [0.4, 0.5) is 0 Å². The van der Waals surface area contributed by atoms with E-state index in [2.05, 4.69) is 67.7 Å². The molecular weight excluding hydrogens is 588 g/mol. The molecule has 0 aliphatic carbocycles. The van der Waals surface area contributed by atoms with Gasteiger partial charge in [0.15, 0.2) is 22.4 Å². The van der Waals surface area contributed by atoms with E-state index in [0.717, 1.165) is 5.56 Å². The Labute approximate surface area is 248 Å². The molecule has 2 rings (SSSR count). The van der Waals surface area contributed by atoms with Crippen molar-refractivity contribution in [3.05, 3.63) is 29.8 Å². The molecule has 1 heterocycles. The van der Waals surface area contributed by atoms with Gasteiger partial charge in [0.25, 0.3) is 9.05 Å². The molecular formula is C28H51ClO8SSi2. The lowest BCUT2D eigenvalue weighted by molar-refractivity contribution is -0.144. The number of benzene rings is 1. The van der Waals surface area contributed by atoms with Crippen LogP contribution in [0.1, 0.15) is 66.9 Å². The van der Waals surface area contributed by atoms with Crippen LogP contribution >= 0.6 is 10.7 Å². The Morgan fingerprint density at radius 1 is 1.05 bits per heavy atom. The summed E-state index contributed by atoms with van der Waals surface area (Å²) in [6, 6.07) is 6.37. The highest BCUT2D eigenvalue weighted by Crippen LogP contribution is 2.38. The van der Waals surface area contributed by atoms with Gasteiger partial charge < -0.3 is 18.7 Å². The summed E-state index contributed by atoms with van der Waals surface area (Å²) in [5.41, 5.74) is 1.01. The minimum Gasteiger partial charge on any atom is -0.464 e. The lowest BCUT2D eigenvalue weighted by Crippen LogP contribution is -2.45. The quantitative estimate of drug-likeness (QED) is 0.192. The molecule has 1 saturated heterocycles. The molecule has 12 heteroatoms. The molecule has 0 radical (unpaired) electrons. The molecule has 2 atom stereocenters. The summed E-state index contributed by atoms with van der Waals surface area (Å²) >= 11 is 0. The number of aliphatic hydroxyl groups is 1. The average Bonchev–Trinajstić information content (AvgIpc) is 3.16. The van der Waals surface area contributed by atoms with E-state index in [1.54, 1.807) is 12.1 Å². The van der Waals surface area contributed by atoms with Crippen LogP contribution in [0.5, 0.6) is 0 Å². The summed E-state index contributed by atoms with van der Waals surface area (Å²) in [5.74, 6) is -0.177. The van der Waals surface area contributed by atoms with Crippen molar-refractivity contribution in [3.63, 3.8) is 0 Å². The number of aliphatic hydroxyl groups excluding tert-OH is 1. The Balaban J connectivity index is 0.000000576. The predicted octanol–water partition coefficient (Wildman–Crippen LogP) is 6.59. The molecule has 1 N–H and O–H groups in total. The van der Waals surface area contributed by atoms with Crippen molar-refractivity contribution in [1.82, 2.24) is 0 Å². The van der Waals surface area contributed by atoms with Gasteiger partial charge >= 0.3 is 5.97 Å². The minimum absolute atomic E-state index is 0.00112. The van der Waals surface area contributed by atoms with Gasteiger partial charge in [0.2, 0.25) is 0 Å². The summed E-state index contributed by atoms with van der Waals surface area (Å²) in [5, 5.41) is 9.11. The van der Waals surface area contributed by atoms with Gasteiger partial charge in [0, 0.05) is 30.1 Å². The third-order valence-corrected chi connectivity index (χ3v) is 17.9. The number of ketones is 1. The summed E-state index contributed by atoms with van der Waals surface area (Å²) in [7, 11) is -2.18. The van der Waals surface area contributed by atoms with Crippen molar-refractivity contribution in [2.75, 3.05) is 13.2 Å². The zero-order valence-electron chi connectivity index (χ0n) is 26.4. The molecule has 0 aromatic heterocycles. The molecule has 0 bridgehead atoms. The first-order valence-corrected chi connectivity index (χ1v) is 21.6. The van der Waals surface area contributed by atoms with Crippen LogP contribution in [-0.2, 0) is 32.2 Å². The highest BCUT2D eigenvalue weighted by Gasteiger charge is 2.42. The fraction of sp³-hybridized carbons (Fsp3) is 0.714. The Hall–Kier alpha value is -1.09. The molecule has 40 heavy (non-hydrogen) atoms. The average molecular weight is 639 g/mol. The molecule has 1 fully saturated rings. The van der Waals surface area contributed by atoms with E-state index in [9.17, 15) is 18.0 Å². The molecule has 232 valence electrons. The molecule has 1 aliphatic rings. The first-order chi connectivity index (χ1) is 17.9. The van der Waals surface area contributed by atoms with Crippen molar-refractivity contribution in [2.24, 2.45) is 0 Å². The van der Waals surface area contributed by atoms with Crippen molar-refractivity contribution in [1.29, 1.82) is 0 Å². The number of Topliss-reactive ketones (excluding diaryl/α,β-unsaturated/α-hetero) is 1. The van der Waals surface area contributed by atoms with Gasteiger partial charge in [0.1, 0.15) is 12.2 Å². The number of hydrogen-bond acceptors (Lipinski definition) is 8. The van der Waals surface area contributed by atoms with Gasteiger partial charge in [-0.25, -0.2) is 13.2 Å².